The van der Waals surface area contributed by atoms with E-state index in [1.165, 1.54) is 0 Å². The molecular formula is C17H21N3O. The minimum Gasteiger partial charge on any atom is -0.353 e. The molecule has 2 aromatic heterocycles. The van der Waals surface area contributed by atoms with Crippen LogP contribution in [0.2, 0.25) is 0 Å². The molecule has 110 valence electrons. The molecule has 4 heteroatoms. The molecule has 0 spiro atoms. The summed E-state index contributed by atoms with van der Waals surface area (Å²) in [5, 5.41) is 3.16. The second-order valence-corrected chi connectivity index (χ2v) is 5.70. The average Bonchev–Trinajstić information content (AvgIpc) is 2.70. The molecule has 4 nitrogen and oxygen atoms in total. The van der Waals surface area contributed by atoms with Crippen molar-refractivity contribution in [2.75, 3.05) is 0 Å². The number of nitrogens with one attached hydrogen (secondary N) is 1. The maximum Gasteiger partial charge on any atom is 0.226 e. The fraction of sp³-hybridized carbons (Fsp3) is 0.412. The number of amides is 1. The number of carbonyl (C=O) groups excluding carboxylic acids is 1. The summed E-state index contributed by atoms with van der Waals surface area (Å²) in [4.78, 5) is 16.7. The van der Waals surface area contributed by atoms with Crippen molar-refractivity contribution >= 4 is 11.6 Å². The van der Waals surface area contributed by atoms with Gasteiger partial charge in [-0.1, -0.05) is 18.2 Å². The van der Waals surface area contributed by atoms with Gasteiger partial charge in [0, 0.05) is 18.4 Å². The number of fused-ring (bicyclic) bond motifs is 1. The molecule has 0 saturated carbocycles. The van der Waals surface area contributed by atoms with E-state index in [4.69, 9.17) is 0 Å². The SMILES string of the molecule is Cc1cccn2c(CC(=O)NC3CCC=CCC3)cnc12. The number of pyridine rings is 1. The highest BCUT2D eigenvalue weighted by molar-refractivity contribution is 5.78. The van der Waals surface area contributed by atoms with Gasteiger partial charge in [-0.15, -0.1) is 0 Å². The maximum absolute atomic E-state index is 12.2. The number of nitrogens with zero attached hydrogens (tertiary/aromatic N) is 2. The fourth-order valence-corrected chi connectivity index (χ4v) is 2.90. The summed E-state index contributed by atoms with van der Waals surface area (Å²) in [6.07, 6.45) is 12.7. The number of allylic oxidation sites excluding steroid dienone is 2. The predicted molar refractivity (Wildman–Crippen MR) is 83.2 cm³/mol. The van der Waals surface area contributed by atoms with Gasteiger partial charge in [0.2, 0.25) is 5.91 Å². The zero-order chi connectivity index (χ0) is 14.7. The molecule has 0 aromatic carbocycles. The van der Waals surface area contributed by atoms with Crippen LogP contribution in [0, 0.1) is 6.92 Å². The van der Waals surface area contributed by atoms with E-state index in [1.807, 2.05) is 29.7 Å². The van der Waals surface area contributed by atoms with Crippen molar-refractivity contribution in [1.29, 1.82) is 0 Å². The molecule has 1 aliphatic carbocycles. The lowest BCUT2D eigenvalue weighted by Gasteiger charge is -2.16. The normalized spacial score (nSPS) is 16.0. The largest absolute Gasteiger partial charge is 0.353 e. The minimum atomic E-state index is 0.0882. The van der Waals surface area contributed by atoms with Gasteiger partial charge in [0.05, 0.1) is 12.1 Å². The number of rotatable bonds is 3. The van der Waals surface area contributed by atoms with Crippen LogP contribution in [0.3, 0.4) is 0 Å². The van der Waals surface area contributed by atoms with Crippen molar-refractivity contribution < 1.29 is 4.79 Å². The van der Waals surface area contributed by atoms with Crippen LogP contribution in [0.4, 0.5) is 0 Å². The fourth-order valence-electron chi connectivity index (χ4n) is 2.90. The van der Waals surface area contributed by atoms with Gasteiger partial charge < -0.3 is 9.72 Å². The Morgan fingerprint density at radius 2 is 2.14 bits per heavy atom. The van der Waals surface area contributed by atoms with Crippen molar-refractivity contribution in [2.45, 2.75) is 45.1 Å². The molecule has 2 heterocycles. The van der Waals surface area contributed by atoms with E-state index in [2.05, 4.69) is 22.5 Å². The third kappa shape index (κ3) is 3.15. The first-order valence-corrected chi connectivity index (χ1v) is 7.60. The van der Waals surface area contributed by atoms with Gasteiger partial charge in [-0.2, -0.15) is 0 Å². The maximum atomic E-state index is 12.2. The van der Waals surface area contributed by atoms with Crippen LogP contribution in [-0.2, 0) is 11.2 Å². The second kappa shape index (κ2) is 6.12. The third-order valence-electron chi connectivity index (χ3n) is 4.04. The zero-order valence-corrected chi connectivity index (χ0v) is 12.4. The van der Waals surface area contributed by atoms with Crippen LogP contribution < -0.4 is 5.32 Å². The number of imidazole rings is 1. The number of hydrogen-bond donors (Lipinski definition) is 1. The van der Waals surface area contributed by atoms with E-state index in [0.717, 1.165) is 42.6 Å². The summed E-state index contributed by atoms with van der Waals surface area (Å²) in [6, 6.07) is 4.32. The Bertz CT molecular complexity index is 662. The minimum absolute atomic E-state index is 0.0882. The van der Waals surface area contributed by atoms with E-state index in [9.17, 15) is 4.79 Å². The highest BCUT2D eigenvalue weighted by Crippen LogP contribution is 2.13. The molecule has 1 N–H and O–H groups in total. The van der Waals surface area contributed by atoms with Crippen LogP contribution in [0.25, 0.3) is 5.65 Å². The van der Waals surface area contributed by atoms with Gasteiger partial charge in [-0.05, 0) is 44.2 Å². The summed E-state index contributed by atoms with van der Waals surface area (Å²) in [6.45, 7) is 2.03. The molecule has 3 rings (SSSR count). The lowest BCUT2D eigenvalue weighted by molar-refractivity contribution is -0.121. The lowest BCUT2D eigenvalue weighted by atomic mass is 10.1. The van der Waals surface area contributed by atoms with Crippen LogP contribution in [0.5, 0.6) is 0 Å². The molecule has 21 heavy (non-hydrogen) atoms. The lowest BCUT2D eigenvalue weighted by Crippen LogP contribution is -2.35. The smallest absolute Gasteiger partial charge is 0.226 e. The van der Waals surface area contributed by atoms with E-state index in [1.54, 1.807) is 6.20 Å². The van der Waals surface area contributed by atoms with Crippen LogP contribution in [0.1, 0.15) is 36.9 Å². The first-order chi connectivity index (χ1) is 10.2. The number of aromatic nitrogens is 2. The Morgan fingerprint density at radius 1 is 1.38 bits per heavy atom. The Balaban J connectivity index is 1.67. The topological polar surface area (TPSA) is 46.4 Å². The summed E-state index contributed by atoms with van der Waals surface area (Å²) in [5.74, 6) is 0.0882. The zero-order valence-electron chi connectivity index (χ0n) is 12.4. The van der Waals surface area contributed by atoms with Gasteiger partial charge in [-0.3, -0.25) is 4.79 Å². The molecular weight excluding hydrogens is 262 g/mol. The van der Waals surface area contributed by atoms with Crippen LogP contribution >= 0.6 is 0 Å². The number of carbonyl (C=O) groups is 1. The monoisotopic (exact) mass is 283 g/mol. The Labute approximate surface area is 124 Å². The molecule has 1 amide bonds. The first kappa shape index (κ1) is 13.9. The summed E-state index contributed by atoms with van der Waals surface area (Å²) in [7, 11) is 0. The highest BCUT2D eigenvalue weighted by Gasteiger charge is 2.15. The molecule has 0 saturated heterocycles. The van der Waals surface area contributed by atoms with Crippen molar-refractivity contribution in [3.05, 3.63) is 47.9 Å². The number of aryl methyl sites for hydroxylation is 1. The Morgan fingerprint density at radius 3 is 2.90 bits per heavy atom. The third-order valence-corrected chi connectivity index (χ3v) is 4.04. The molecule has 0 aliphatic heterocycles. The molecule has 1 aliphatic rings. The highest BCUT2D eigenvalue weighted by atomic mass is 16.1. The molecule has 2 aromatic rings. The Kier molecular flexibility index (Phi) is 4.04. The second-order valence-electron chi connectivity index (χ2n) is 5.70. The first-order valence-electron chi connectivity index (χ1n) is 7.60. The molecule has 0 fully saturated rings. The van der Waals surface area contributed by atoms with Gasteiger partial charge in [0.25, 0.3) is 0 Å². The van der Waals surface area contributed by atoms with Crippen LogP contribution in [0.15, 0.2) is 36.7 Å². The van der Waals surface area contributed by atoms with E-state index >= 15 is 0 Å². The van der Waals surface area contributed by atoms with Crippen molar-refractivity contribution in [3.8, 4) is 0 Å². The van der Waals surface area contributed by atoms with E-state index in [-0.39, 0.29) is 5.91 Å². The standard InChI is InChI=1S/C17H21N3O/c1-13-7-6-10-20-15(12-18-17(13)20)11-16(21)19-14-8-4-2-3-5-9-14/h2-3,6-7,10,12,14H,4-5,8-9,11H2,1H3,(H,19,21). The Hall–Kier alpha value is -2.10. The van der Waals surface area contributed by atoms with E-state index in [0.29, 0.717) is 12.5 Å². The van der Waals surface area contributed by atoms with Crippen molar-refractivity contribution in [3.63, 3.8) is 0 Å². The van der Waals surface area contributed by atoms with Crippen LogP contribution in [-0.4, -0.2) is 21.3 Å². The van der Waals surface area contributed by atoms with Crippen molar-refractivity contribution in [1.82, 2.24) is 14.7 Å². The predicted octanol–water partition coefficient (Wildman–Crippen LogP) is 2.80. The molecule has 0 bridgehead atoms. The van der Waals surface area contributed by atoms with Gasteiger partial charge >= 0.3 is 0 Å². The van der Waals surface area contributed by atoms with Crippen molar-refractivity contribution in [2.24, 2.45) is 0 Å². The molecule has 0 atom stereocenters. The van der Waals surface area contributed by atoms with Gasteiger partial charge in [-0.25, -0.2) is 4.98 Å². The average molecular weight is 283 g/mol. The summed E-state index contributed by atoms with van der Waals surface area (Å²) in [5.41, 5.74) is 3.00. The van der Waals surface area contributed by atoms with Gasteiger partial charge in [0.15, 0.2) is 0 Å². The summed E-state index contributed by atoms with van der Waals surface area (Å²) < 4.78 is 2.00. The molecule has 0 unspecified atom stereocenters. The summed E-state index contributed by atoms with van der Waals surface area (Å²) >= 11 is 0. The molecule has 0 radical (unpaired) electrons. The quantitative estimate of drug-likeness (QED) is 0.880. The number of hydrogen-bond acceptors (Lipinski definition) is 2. The van der Waals surface area contributed by atoms with E-state index < -0.39 is 0 Å². The van der Waals surface area contributed by atoms with Gasteiger partial charge in [0.1, 0.15) is 5.65 Å².